The van der Waals surface area contributed by atoms with E-state index in [1.165, 1.54) is 0 Å². The molecule has 0 unspecified atom stereocenters. The maximum Gasteiger partial charge on any atom is 0.257 e. The molecule has 5 heteroatoms. The average Bonchev–Trinajstić information content (AvgIpc) is 2.53. The van der Waals surface area contributed by atoms with Gasteiger partial charge in [-0.05, 0) is 12.1 Å². The fourth-order valence-corrected chi connectivity index (χ4v) is 1.51. The maximum absolute atomic E-state index is 11.0. The minimum absolute atomic E-state index is 0.0713. The predicted octanol–water partition coefficient (Wildman–Crippen LogP) is 1.07. The molecule has 1 aromatic rings. The molecule has 1 aromatic carbocycles. The van der Waals surface area contributed by atoms with Crippen molar-refractivity contribution in [2.24, 2.45) is 0 Å². The van der Waals surface area contributed by atoms with E-state index in [9.17, 15) is 4.79 Å². The summed E-state index contributed by atoms with van der Waals surface area (Å²) in [5.74, 6) is -0.391. The number of hydrogen-bond donors (Lipinski definition) is 2. The van der Waals surface area contributed by atoms with E-state index >= 15 is 0 Å². The lowest BCUT2D eigenvalue weighted by Gasteiger charge is -2.21. The van der Waals surface area contributed by atoms with Gasteiger partial charge in [0.25, 0.3) is 11.7 Å². The van der Waals surface area contributed by atoms with E-state index in [0.29, 0.717) is 11.5 Å². The average molecular weight is 209 g/mol. The Morgan fingerprint density at radius 1 is 1.40 bits per heavy atom. The minimum Gasteiger partial charge on any atom is -0.448 e. The normalized spacial score (nSPS) is 16.1. The lowest BCUT2D eigenvalue weighted by molar-refractivity contribution is -0.141. The van der Waals surface area contributed by atoms with E-state index < -0.39 is 11.7 Å². The number of nitrogens with one attached hydrogen (secondary N) is 1. The van der Waals surface area contributed by atoms with Gasteiger partial charge in [0.05, 0.1) is 0 Å². The van der Waals surface area contributed by atoms with Gasteiger partial charge in [-0.15, -0.1) is 0 Å². The van der Waals surface area contributed by atoms with Crippen molar-refractivity contribution in [3.63, 3.8) is 0 Å². The van der Waals surface area contributed by atoms with E-state index in [4.69, 9.17) is 14.7 Å². The van der Waals surface area contributed by atoms with Gasteiger partial charge in [0, 0.05) is 6.92 Å². The Hall–Kier alpha value is -1.75. The van der Waals surface area contributed by atoms with Gasteiger partial charge in [0.1, 0.15) is 6.42 Å². The topological polar surface area (TPSA) is 67.8 Å². The highest BCUT2D eigenvalue weighted by atomic mass is 16.7. The van der Waals surface area contributed by atoms with Gasteiger partial charge in [0.15, 0.2) is 11.5 Å². The molecule has 0 aromatic heterocycles. The molecule has 0 radical (unpaired) electrons. The molecule has 80 valence electrons. The van der Waals surface area contributed by atoms with Crippen LogP contribution in [0, 0.1) is 0 Å². The van der Waals surface area contributed by atoms with Crippen LogP contribution >= 0.6 is 0 Å². The van der Waals surface area contributed by atoms with Crippen LogP contribution in [0.15, 0.2) is 24.3 Å². The van der Waals surface area contributed by atoms with Crippen molar-refractivity contribution < 1.29 is 19.5 Å². The zero-order valence-corrected chi connectivity index (χ0v) is 8.19. The number of carbonyl (C=O) groups excluding carboxylic acids is 1. The molecule has 0 saturated heterocycles. The molecule has 2 rings (SSSR count). The number of ether oxygens (including phenoxy) is 2. The molecule has 0 fully saturated rings. The van der Waals surface area contributed by atoms with Gasteiger partial charge < -0.3 is 9.47 Å². The first-order chi connectivity index (χ1) is 7.13. The molecule has 1 amide bonds. The molecular weight excluding hydrogens is 198 g/mol. The lowest BCUT2D eigenvalue weighted by atomic mass is 10.2. The van der Waals surface area contributed by atoms with Crippen LogP contribution in [0.2, 0.25) is 0 Å². The van der Waals surface area contributed by atoms with Crippen LogP contribution in [-0.4, -0.2) is 16.9 Å². The number of amides is 1. The quantitative estimate of drug-likeness (QED) is 0.564. The number of rotatable bonds is 2. The van der Waals surface area contributed by atoms with E-state index in [1.54, 1.807) is 24.5 Å². The summed E-state index contributed by atoms with van der Waals surface area (Å²) in [7, 11) is 0. The number of hydrogen-bond acceptors (Lipinski definition) is 4. The molecule has 0 aliphatic carbocycles. The fourth-order valence-electron chi connectivity index (χ4n) is 1.51. The summed E-state index contributed by atoms with van der Waals surface area (Å²) in [6.07, 6.45) is -0.0713. The summed E-state index contributed by atoms with van der Waals surface area (Å²) in [5, 5.41) is 8.42. The molecular formula is C10H11NO4. The summed E-state index contributed by atoms with van der Waals surface area (Å²) in [6.45, 7) is 1.64. The highest BCUT2D eigenvalue weighted by Crippen LogP contribution is 2.39. The van der Waals surface area contributed by atoms with Crippen molar-refractivity contribution in [3.05, 3.63) is 24.3 Å². The zero-order chi connectivity index (χ0) is 10.9. The number of fused-ring (bicyclic) bond motifs is 1. The third-order valence-corrected chi connectivity index (χ3v) is 2.11. The Morgan fingerprint density at radius 3 is 2.40 bits per heavy atom. The second-order valence-electron chi connectivity index (χ2n) is 3.50. The SMILES string of the molecule is CC1(CC(=O)NO)Oc2ccccc2O1. The second kappa shape index (κ2) is 3.43. The van der Waals surface area contributed by atoms with E-state index in [1.807, 2.05) is 12.1 Å². The second-order valence-corrected chi connectivity index (χ2v) is 3.50. The summed E-state index contributed by atoms with van der Waals surface area (Å²) < 4.78 is 10.9. The van der Waals surface area contributed by atoms with Crippen LogP contribution in [0.4, 0.5) is 0 Å². The molecule has 0 atom stereocenters. The summed E-state index contributed by atoms with van der Waals surface area (Å²) in [6, 6.07) is 7.16. The third-order valence-electron chi connectivity index (χ3n) is 2.11. The number of carbonyl (C=O) groups is 1. The summed E-state index contributed by atoms with van der Waals surface area (Å²) in [5.41, 5.74) is 1.54. The summed E-state index contributed by atoms with van der Waals surface area (Å²) >= 11 is 0. The molecule has 0 saturated carbocycles. The Morgan fingerprint density at radius 2 is 1.93 bits per heavy atom. The van der Waals surface area contributed by atoms with Gasteiger partial charge >= 0.3 is 0 Å². The highest BCUT2D eigenvalue weighted by Gasteiger charge is 2.38. The van der Waals surface area contributed by atoms with Crippen LogP contribution in [0.1, 0.15) is 13.3 Å². The monoisotopic (exact) mass is 209 g/mol. The largest absolute Gasteiger partial charge is 0.448 e. The van der Waals surface area contributed by atoms with Crippen molar-refractivity contribution in [1.82, 2.24) is 5.48 Å². The number of para-hydroxylation sites is 2. The first-order valence-electron chi connectivity index (χ1n) is 4.53. The van der Waals surface area contributed by atoms with Crippen LogP contribution in [0.3, 0.4) is 0 Å². The van der Waals surface area contributed by atoms with E-state index in [-0.39, 0.29) is 6.42 Å². The summed E-state index contributed by atoms with van der Waals surface area (Å²) in [4.78, 5) is 11.0. The van der Waals surface area contributed by atoms with Gasteiger partial charge in [-0.25, -0.2) is 5.48 Å². The molecule has 1 heterocycles. The molecule has 0 spiro atoms. The van der Waals surface area contributed by atoms with Gasteiger partial charge in [-0.2, -0.15) is 0 Å². The van der Waals surface area contributed by atoms with Crippen LogP contribution in [0.25, 0.3) is 0 Å². The molecule has 1 aliphatic rings. The standard InChI is InChI=1S/C10H11NO4/c1-10(6-9(12)11-13)14-7-4-2-3-5-8(7)15-10/h2-5,13H,6H2,1H3,(H,11,12). The van der Waals surface area contributed by atoms with E-state index in [2.05, 4.69) is 0 Å². The smallest absolute Gasteiger partial charge is 0.257 e. The molecule has 1 aliphatic heterocycles. The van der Waals surface area contributed by atoms with Gasteiger partial charge in [0.2, 0.25) is 0 Å². The number of hydroxylamine groups is 1. The van der Waals surface area contributed by atoms with Crippen LogP contribution in [0.5, 0.6) is 11.5 Å². The van der Waals surface area contributed by atoms with Crippen LogP contribution < -0.4 is 15.0 Å². The Kier molecular flexibility index (Phi) is 2.24. The van der Waals surface area contributed by atoms with Crippen molar-refractivity contribution in [2.75, 3.05) is 0 Å². The molecule has 0 bridgehead atoms. The molecule has 5 nitrogen and oxygen atoms in total. The van der Waals surface area contributed by atoms with Crippen molar-refractivity contribution in [3.8, 4) is 11.5 Å². The zero-order valence-electron chi connectivity index (χ0n) is 8.19. The lowest BCUT2D eigenvalue weighted by Crippen LogP contribution is -2.40. The van der Waals surface area contributed by atoms with Gasteiger partial charge in [-0.1, -0.05) is 12.1 Å². The predicted molar refractivity (Wildman–Crippen MR) is 50.6 cm³/mol. The van der Waals surface area contributed by atoms with Crippen molar-refractivity contribution >= 4 is 5.91 Å². The number of benzene rings is 1. The first-order valence-corrected chi connectivity index (χ1v) is 4.53. The third kappa shape index (κ3) is 1.87. The van der Waals surface area contributed by atoms with Crippen LogP contribution in [-0.2, 0) is 4.79 Å². The first kappa shape index (κ1) is 9.79. The van der Waals surface area contributed by atoms with Gasteiger partial charge in [-0.3, -0.25) is 10.0 Å². The Balaban J connectivity index is 2.14. The Labute approximate surface area is 86.6 Å². The fraction of sp³-hybridized carbons (Fsp3) is 0.300. The van der Waals surface area contributed by atoms with Crippen molar-refractivity contribution in [1.29, 1.82) is 0 Å². The maximum atomic E-state index is 11.0. The molecule has 2 N–H and O–H groups in total. The van der Waals surface area contributed by atoms with Crippen molar-refractivity contribution in [2.45, 2.75) is 19.1 Å². The van der Waals surface area contributed by atoms with E-state index in [0.717, 1.165) is 0 Å². The Bertz CT molecular complexity index is 366. The highest BCUT2D eigenvalue weighted by molar-refractivity contribution is 5.75. The minimum atomic E-state index is -1.05. The molecule has 15 heavy (non-hydrogen) atoms.